The summed E-state index contributed by atoms with van der Waals surface area (Å²) < 4.78 is 5.39. The van der Waals surface area contributed by atoms with Crippen molar-refractivity contribution < 1.29 is 14.0 Å². The molecule has 1 N–H and O–H groups in total. The number of hydrogen-bond donors (Lipinski definition) is 1. The van der Waals surface area contributed by atoms with E-state index >= 15 is 0 Å². The van der Waals surface area contributed by atoms with Gasteiger partial charge in [-0.2, -0.15) is 0 Å². The fourth-order valence-corrected chi connectivity index (χ4v) is 4.07. The number of furan rings is 1. The number of carbonyl (C=O) groups excluding carboxylic acids is 2. The molecule has 6 nitrogen and oxygen atoms in total. The van der Waals surface area contributed by atoms with Crippen LogP contribution in [0.1, 0.15) is 59.0 Å². The highest BCUT2D eigenvalue weighted by Gasteiger charge is 2.34. The molecule has 1 atom stereocenters. The van der Waals surface area contributed by atoms with E-state index in [4.69, 9.17) is 4.42 Å². The lowest BCUT2D eigenvalue weighted by molar-refractivity contribution is -0.126. The predicted octanol–water partition coefficient (Wildman–Crippen LogP) is 4.43. The molecule has 1 aromatic carbocycles. The average molecular weight is 418 g/mol. The lowest BCUT2D eigenvalue weighted by Crippen LogP contribution is -2.45. The van der Waals surface area contributed by atoms with Crippen molar-refractivity contribution in [2.75, 3.05) is 0 Å². The van der Waals surface area contributed by atoms with Gasteiger partial charge in [0.05, 0.1) is 6.26 Å². The van der Waals surface area contributed by atoms with Crippen molar-refractivity contribution in [2.45, 2.75) is 51.2 Å². The van der Waals surface area contributed by atoms with Crippen LogP contribution in [0.2, 0.25) is 0 Å². The molecule has 0 spiro atoms. The van der Waals surface area contributed by atoms with Crippen molar-refractivity contribution in [3.05, 3.63) is 89.6 Å². The fraction of sp³-hybridized carbons (Fsp3) is 0.320. The smallest absolute Gasteiger partial charge is 0.290 e. The number of hydrogen-bond acceptors (Lipinski definition) is 4. The summed E-state index contributed by atoms with van der Waals surface area (Å²) in [6.45, 7) is 2.29. The number of nitrogens with zero attached hydrogens (tertiary/aromatic N) is 2. The quantitative estimate of drug-likeness (QED) is 0.617. The summed E-state index contributed by atoms with van der Waals surface area (Å²) >= 11 is 0. The van der Waals surface area contributed by atoms with Gasteiger partial charge in [-0.05, 0) is 43.5 Å². The highest BCUT2D eigenvalue weighted by molar-refractivity contribution is 5.96. The number of aryl methyl sites for hydroxylation is 1. The highest BCUT2D eigenvalue weighted by atomic mass is 16.3. The summed E-state index contributed by atoms with van der Waals surface area (Å²) in [6.07, 6.45) is 8.94. The van der Waals surface area contributed by atoms with Gasteiger partial charge in [-0.25, -0.2) is 0 Å². The second-order valence-corrected chi connectivity index (χ2v) is 8.07. The van der Waals surface area contributed by atoms with Gasteiger partial charge < -0.3 is 14.6 Å². The first-order valence-corrected chi connectivity index (χ1v) is 10.7. The minimum atomic E-state index is -0.812. The summed E-state index contributed by atoms with van der Waals surface area (Å²) in [5.74, 6) is -0.317. The van der Waals surface area contributed by atoms with Crippen LogP contribution in [-0.2, 0) is 11.3 Å². The Labute approximate surface area is 182 Å². The monoisotopic (exact) mass is 417 g/mol. The van der Waals surface area contributed by atoms with Crippen molar-refractivity contribution in [3.63, 3.8) is 0 Å². The Bertz CT molecular complexity index is 994. The predicted molar refractivity (Wildman–Crippen MR) is 117 cm³/mol. The van der Waals surface area contributed by atoms with Crippen LogP contribution in [0.4, 0.5) is 0 Å². The van der Waals surface area contributed by atoms with Gasteiger partial charge in [0.25, 0.3) is 5.91 Å². The molecule has 1 saturated carbocycles. The Balaban J connectivity index is 1.71. The zero-order chi connectivity index (χ0) is 21.6. The molecule has 0 radical (unpaired) electrons. The van der Waals surface area contributed by atoms with Crippen LogP contribution >= 0.6 is 0 Å². The first kappa shape index (κ1) is 20.8. The second kappa shape index (κ2) is 9.60. The van der Waals surface area contributed by atoms with Crippen LogP contribution in [0, 0.1) is 6.92 Å². The number of aromatic nitrogens is 1. The standard InChI is InChI=1S/C25H27N3O3/c1-18-10-12-19(13-11-18)17-28(25(30)22-9-5-15-31-22)23(20-6-4-14-26-16-20)24(29)27-21-7-2-3-8-21/h4-6,9-16,21,23H,2-3,7-8,17H2,1H3,(H,27,29)/t23-/m0/s1. The molecule has 1 fully saturated rings. The zero-order valence-electron chi connectivity index (χ0n) is 17.7. The van der Waals surface area contributed by atoms with Crippen molar-refractivity contribution in [2.24, 2.45) is 0 Å². The average Bonchev–Trinajstić information content (AvgIpc) is 3.49. The van der Waals surface area contributed by atoms with E-state index in [0.717, 1.165) is 36.8 Å². The topological polar surface area (TPSA) is 75.4 Å². The summed E-state index contributed by atoms with van der Waals surface area (Å²) in [4.78, 5) is 32.7. The van der Waals surface area contributed by atoms with E-state index in [9.17, 15) is 9.59 Å². The maximum atomic E-state index is 13.5. The number of carbonyl (C=O) groups is 2. The first-order valence-electron chi connectivity index (χ1n) is 10.7. The number of rotatable bonds is 7. The number of nitrogens with one attached hydrogen (secondary N) is 1. The van der Waals surface area contributed by atoms with E-state index in [0.29, 0.717) is 5.56 Å². The van der Waals surface area contributed by atoms with Gasteiger partial charge in [0, 0.05) is 30.5 Å². The molecule has 2 amide bonds. The van der Waals surface area contributed by atoms with E-state index in [1.165, 1.54) is 6.26 Å². The molecule has 0 bridgehead atoms. The molecular weight excluding hydrogens is 390 g/mol. The number of pyridine rings is 1. The number of amides is 2. The molecule has 3 aromatic rings. The van der Waals surface area contributed by atoms with Crippen molar-refractivity contribution in [3.8, 4) is 0 Å². The molecule has 4 rings (SSSR count). The molecule has 160 valence electrons. The summed E-state index contributed by atoms with van der Waals surface area (Å²) in [5.41, 5.74) is 2.74. The largest absolute Gasteiger partial charge is 0.459 e. The van der Waals surface area contributed by atoms with Crippen LogP contribution in [-0.4, -0.2) is 27.7 Å². The molecule has 0 aliphatic heterocycles. The van der Waals surface area contributed by atoms with Gasteiger partial charge >= 0.3 is 0 Å². The maximum absolute atomic E-state index is 13.5. The van der Waals surface area contributed by atoms with Crippen LogP contribution in [0.15, 0.2) is 71.6 Å². The minimum absolute atomic E-state index is 0.145. The van der Waals surface area contributed by atoms with Crippen LogP contribution in [0.3, 0.4) is 0 Å². The summed E-state index contributed by atoms with van der Waals surface area (Å²) in [6, 6.07) is 14.2. The van der Waals surface area contributed by atoms with Gasteiger partial charge in [0.15, 0.2) is 5.76 Å². The molecule has 6 heteroatoms. The molecule has 0 saturated heterocycles. The first-order chi connectivity index (χ1) is 15.1. The van der Waals surface area contributed by atoms with E-state index in [-0.39, 0.29) is 30.2 Å². The van der Waals surface area contributed by atoms with Crippen molar-refractivity contribution in [1.29, 1.82) is 0 Å². The lowest BCUT2D eigenvalue weighted by Gasteiger charge is -2.31. The molecule has 1 aliphatic carbocycles. The third-order valence-electron chi connectivity index (χ3n) is 5.73. The van der Waals surface area contributed by atoms with Gasteiger partial charge in [-0.15, -0.1) is 0 Å². The van der Waals surface area contributed by atoms with E-state index in [1.807, 2.05) is 37.3 Å². The third kappa shape index (κ3) is 5.02. The van der Waals surface area contributed by atoms with Crippen LogP contribution < -0.4 is 5.32 Å². The van der Waals surface area contributed by atoms with Gasteiger partial charge in [0.1, 0.15) is 6.04 Å². The fourth-order valence-electron chi connectivity index (χ4n) is 4.07. The molecule has 0 unspecified atom stereocenters. The van der Waals surface area contributed by atoms with Crippen LogP contribution in [0.25, 0.3) is 0 Å². The normalized spacial score (nSPS) is 14.9. The Morgan fingerprint density at radius 1 is 1.13 bits per heavy atom. The van der Waals surface area contributed by atoms with Crippen LogP contribution in [0.5, 0.6) is 0 Å². The number of benzene rings is 1. The summed E-state index contributed by atoms with van der Waals surface area (Å²) in [7, 11) is 0. The maximum Gasteiger partial charge on any atom is 0.290 e. The molecular formula is C25H27N3O3. The highest BCUT2D eigenvalue weighted by Crippen LogP contribution is 2.27. The van der Waals surface area contributed by atoms with Gasteiger partial charge in [-0.3, -0.25) is 14.6 Å². The van der Waals surface area contributed by atoms with Gasteiger partial charge in [-0.1, -0.05) is 48.7 Å². The van der Waals surface area contributed by atoms with E-state index in [2.05, 4.69) is 10.3 Å². The van der Waals surface area contributed by atoms with Crippen molar-refractivity contribution >= 4 is 11.8 Å². The second-order valence-electron chi connectivity index (χ2n) is 8.07. The Hall–Kier alpha value is -3.41. The molecule has 2 heterocycles. The summed E-state index contributed by atoms with van der Waals surface area (Å²) in [5, 5.41) is 3.16. The molecule has 1 aliphatic rings. The Morgan fingerprint density at radius 2 is 1.90 bits per heavy atom. The zero-order valence-corrected chi connectivity index (χ0v) is 17.7. The molecule has 31 heavy (non-hydrogen) atoms. The molecule has 2 aromatic heterocycles. The van der Waals surface area contributed by atoms with Gasteiger partial charge in [0.2, 0.25) is 5.91 Å². The van der Waals surface area contributed by atoms with E-state index < -0.39 is 6.04 Å². The lowest BCUT2D eigenvalue weighted by atomic mass is 10.0. The Morgan fingerprint density at radius 3 is 2.55 bits per heavy atom. The Kier molecular flexibility index (Phi) is 6.46. The van der Waals surface area contributed by atoms with E-state index in [1.54, 1.807) is 35.5 Å². The SMILES string of the molecule is Cc1ccc(CN(C(=O)c2ccco2)[C@H](C(=O)NC2CCCC2)c2cccnc2)cc1. The third-order valence-corrected chi connectivity index (χ3v) is 5.73. The van der Waals surface area contributed by atoms with Crippen molar-refractivity contribution in [1.82, 2.24) is 15.2 Å². The minimum Gasteiger partial charge on any atom is -0.459 e.